The molecule has 0 aromatic carbocycles. The molecule has 0 radical (unpaired) electrons. The van der Waals surface area contributed by atoms with Crippen LogP contribution in [-0.2, 0) is 9.53 Å². The molecule has 0 aromatic heterocycles. The fourth-order valence-electron chi connectivity index (χ4n) is 1.94. The summed E-state index contributed by atoms with van der Waals surface area (Å²) in [6.45, 7) is 2.06. The highest BCUT2D eigenvalue weighted by Crippen LogP contribution is 2.26. The third-order valence-electron chi connectivity index (χ3n) is 2.84. The Morgan fingerprint density at radius 1 is 1.53 bits per heavy atom. The Morgan fingerprint density at radius 2 is 2.33 bits per heavy atom. The summed E-state index contributed by atoms with van der Waals surface area (Å²) in [5.74, 6) is -0.0110. The number of ether oxygens (including phenoxy) is 1. The lowest BCUT2D eigenvalue weighted by Gasteiger charge is -2.25. The van der Waals surface area contributed by atoms with Crippen LogP contribution in [-0.4, -0.2) is 12.1 Å². The minimum Gasteiger partial charge on any atom is -0.462 e. The van der Waals surface area contributed by atoms with Crippen molar-refractivity contribution in [2.24, 2.45) is 5.92 Å². The molecule has 3 nitrogen and oxygen atoms in total. The van der Waals surface area contributed by atoms with Crippen molar-refractivity contribution < 1.29 is 9.53 Å². The molecule has 0 bridgehead atoms. The number of carbonyl (C=O) groups is 1. The lowest BCUT2D eigenvalue weighted by atomic mass is 9.88. The molecular formula is C12H19NO2. The van der Waals surface area contributed by atoms with E-state index >= 15 is 0 Å². The zero-order chi connectivity index (χ0) is 11.1. The van der Waals surface area contributed by atoms with Gasteiger partial charge in [0.05, 0.1) is 6.07 Å². The van der Waals surface area contributed by atoms with Crippen LogP contribution in [0.3, 0.4) is 0 Å². The first kappa shape index (κ1) is 12.0. The van der Waals surface area contributed by atoms with E-state index in [1.165, 1.54) is 0 Å². The van der Waals surface area contributed by atoms with Gasteiger partial charge in [-0.05, 0) is 25.7 Å². The van der Waals surface area contributed by atoms with Gasteiger partial charge < -0.3 is 4.74 Å². The smallest absolute Gasteiger partial charge is 0.306 e. The minimum absolute atomic E-state index is 0.00671. The number of nitriles is 1. The summed E-state index contributed by atoms with van der Waals surface area (Å²) in [5.41, 5.74) is 0. The van der Waals surface area contributed by atoms with Crippen LogP contribution < -0.4 is 0 Å². The molecule has 0 aliphatic heterocycles. The van der Waals surface area contributed by atoms with Crippen molar-refractivity contribution in [3.8, 4) is 6.07 Å². The van der Waals surface area contributed by atoms with E-state index < -0.39 is 0 Å². The monoisotopic (exact) mass is 209 g/mol. The summed E-state index contributed by atoms with van der Waals surface area (Å²) >= 11 is 0. The number of rotatable bonds is 4. The minimum atomic E-state index is -0.0968. The number of hydrogen-bond acceptors (Lipinski definition) is 3. The van der Waals surface area contributed by atoms with Gasteiger partial charge in [-0.15, -0.1) is 0 Å². The fourth-order valence-corrected chi connectivity index (χ4v) is 1.94. The molecule has 84 valence electrons. The van der Waals surface area contributed by atoms with Gasteiger partial charge in [0.25, 0.3) is 0 Å². The van der Waals surface area contributed by atoms with Crippen molar-refractivity contribution in [3.05, 3.63) is 0 Å². The van der Waals surface area contributed by atoms with Crippen molar-refractivity contribution >= 4 is 5.97 Å². The number of esters is 1. The Bertz CT molecular complexity index is 244. The molecule has 2 atom stereocenters. The second-order valence-corrected chi connectivity index (χ2v) is 4.21. The molecule has 0 N–H and O–H groups in total. The molecule has 0 saturated heterocycles. The molecule has 1 rings (SSSR count). The maximum atomic E-state index is 11.4. The number of carbonyl (C=O) groups excluding carboxylic acids is 1. The molecule has 0 spiro atoms. The van der Waals surface area contributed by atoms with E-state index in [-0.39, 0.29) is 18.0 Å². The second kappa shape index (κ2) is 6.44. The summed E-state index contributed by atoms with van der Waals surface area (Å²) in [6.07, 6.45) is 6.04. The van der Waals surface area contributed by atoms with E-state index in [0.717, 1.165) is 38.5 Å². The first-order valence-electron chi connectivity index (χ1n) is 5.85. The molecule has 1 aliphatic carbocycles. The van der Waals surface area contributed by atoms with Crippen LogP contribution in [0.5, 0.6) is 0 Å². The number of unbranched alkanes of at least 4 members (excludes halogenated alkanes) is 1. The SMILES string of the molecule is CCCCC(=O)OC1CCCC(C#N)C1. The Kier molecular flexibility index (Phi) is 5.17. The van der Waals surface area contributed by atoms with Crippen LogP contribution >= 0.6 is 0 Å². The molecule has 3 heteroatoms. The summed E-state index contributed by atoms with van der Waals surface area (Å²) in [6, 6.07) is 2.26. The van der Waals surface area contributed by atoms with Crippen LogP contribution in [0.1, 0.15) is 51.9 Å². The number of hydrogen-bond donors (Lipinski definition) is 0. The highest BCUT2D eigenvalue weighted by Gasteiger charge is 2.24. The first-order valence-corrected chi connectivity index (χ1v) is 5.85. The van der Waals surface area contributed by atoms with Gasteiger partial charge in [-0.2, -0.15) is 5.26 Å². The lowest BCUT2D eigenvalue weighted by Crippen LogP contribution is -2.24. The van der Waals surface area contributed by atoms with Gasteiger partial charge in [-0.1, -0.05) is 13.3 Å². The van der Waals surface area contributed by atoms with Gasteiger partial charge in [-0.3, -0.25) is 4.79 Å². The van der Waals surface area contributed by atoms with Crippen molar-refractivity contribution in [2.45, 2.75) is 58.0 Å². The number of nitrogens with zero attached hydrogens (tertiary/aromatic N) is 1. The second-order valence-electron chi connectivity index (χ2n) is 4.21. The first-order chi connectivity index (χ1) is 7.26. The van der Waals surface area contributed by atoms with Crippen LogP contribution in [0, 0.1) is 17.2 Å². The molecule has 15 heavy (non-hydrogen) atoms. The van der Waals surface area contributed by atoms with Gasteiger partial charge in [0.15, 0.2) is 0 Å². The Hall–Kier alpha value is -1.04. The van der Waals surface area contributed by atoms with Gasteiger partial charge in [-0.25, -0.2) is 0 Å². The van der Waals surface area contributed by atoms with Crippen molar-refractivity contribution in [3.63, 3.8) is 0 Å². The Morgan fingerprint density at radius 3 is 3.00 bits per heavy atom. The predicted octanol–water partition coefficient (Wildman–Crippen LogP) is 2.80. The molecule has 2 unspecified atom stereocenters. The largest absolute Gasteiger partial charge is 0.462 e. The molecule has 0 amide bonds. The maximum Gasteiger partial charge on any atom is 0.306 e. The van der Waals surface area contributed by atoms with Gasteiger partial charge in [0.1, 0.15) is 6.10 Å². The van der Waals surface area contributed by atoms with E-state index in [2.05, 4.69) is 13.0 Å². The zero-order valence-corrected chi connectivity index (χ0v) is 9.37. The average molecular weight is 209 g/mol. The van der Waals surface area contributed by atoms with E-state index in [1.807, 2.05) is 0 Å². The standard InChI is InChI=1S/C12H19NO2/c1-2-3-7-12(14)15-11-6-4-5-10(8-11)9-13/h10-11H,2-8H2,1H3. The van der Waals surface area contributed by atoms with E-state index in [4.69, 9.17) is 10.00 Å². The normalized spacial score (nSPS) is 25.6. The fraction of sp³-hybridized carbons (Fsp3) is 0.833. The average Bonchev–Trinajstić information content (AvgIpc) is 2.26. The molecule has 1 saturated carbocycles. The Labute approximate surface area is 91.4 Å². The molecule has 0 aromatic rings. The van der Waals surface area contributed by atoms with E-state index in [0.29, 0.717) is 6.42 Å². The third kappa shape index (κ3) is 4.33. The molecule has 1 fully saturated rings. The van der Waals surface area contributed by atoms with Gasteiger partial charge in [0, 0.05) is 18.8 Å². The van der Waals surface area contributed by atoms with Crippen LogP contribution in [0.25, 0.3) is 0 Å². The summed E-state index contributed by atoms with van der Waals surface area (Å²) < 4.78 is 5.34. The van der Waals surface area contributed by atoms with Crippen molar-refractivity contribution in [1.82, 2.24) is 0 Å². The van der Waals surface area contributed by atoms with Crippen LogP contribution in [0.4, 0.5) is 0 Å². The summed E-state index contributed by atoms with van der Waals surface area (Å²) in [7, 11) is 0. The summed E-state index contributed by atoms with van der Waals surface area (Å²) in [5, 5.41) is 8.79. The van der Waals surface area contributed by atoms with Crippen molar-refractivity contribution in [1.29, 1.82) is 5.26 Å². The zero-order valence-electron chi connectivity index (χ0n) is 9.37. The van der Waals surface area contributed by atoms with Crippen molar-refractivity contribution in [2.75, 3.05) is 0 Å². The molecular weight excluding hydrogens is 190 g/mol. The van der Waals surface area contributed by atoms with E-state index in [9.17, 15) is 4.79 Å². The van der Waals surface area contributed by atoms with Crippen LogP contribution in [0.2, 0.25) is 0 Å². The molecule has 1 aliphatic rings. The van der Waals surface area contributed by atoms with Crippen LogP contribution in [0.15, 0.2) is 0 Å². The summed E-state index contributed by atoms with van der Waals surface area (Å²) in [4.78, 5) is 11.4. The predicted molar refractivity (Wildman–Crippen MR) is 57.0 cm³/mol. The van der Waals surface area contributed by atoms with Gasteiger partial charge in [0.2, 0.25) is 0 Å². The molecule has 0 heterocycles. The van der Waals surface area contributed by atoms with Gasteiger partial charge >= 0.3 is 5.97 Å². The quantitative estimate of drug-likeness (QED) is 0.669. The third-order valence-corrected chi connectivity index (χ3v) is 2.84. The lowest BCUT2D eigenvalue weighted by molar-refractivity contribution is -0.151. The van der Waals surface area contributed by atoms with E-state index in [1.54, 1.807) is 0 Å². The highest BCUT2D eigenvalue weighted by atomic mass is 16.5. The Balaban J connectivity index is 2.26. The topological polar surface area (TPSA) is 50.1 Å². The highest BCUT2D eigenvalue weighted by molar-refractivity contribution is 5.69. The maximum absolute atomic E-state index is 11.4.